The van der Waals surface area contributed by atoms with Gasteiger partial charge in [-0.2, -0.15) is 0 Å². The second kappa shape index (κ2) is 7.76. The Labute approximate surface area is 153 Å². The fraction of sp³-hybridized carbons (Fsp3) is 0.526. The molecule has 26 heavy (non-hydrogen) atoms. The zero-order valence-corrected chi connectivity index (χ0v) is 15.4. The number of rotatable bonds is 3. The molecule has 0 spiro atoms. The van der Waals surface area contributed by atoms with Crippen LogP contribution < -0.4 is 9.64 Å². The van der Waals surface area contributed by atoms with E-state index in [4.69, 9.17) is 4.74 Å². The number of anilines is 1. The van der Waals surface area contributed by atoms with Crippen molar-refractivity contribution in [2.45, 2.75) is 26.2 Å². The lowest BCUT2D eigenvalue weighted by Gasteiger charge is -2.35. The summed E-state index contributed by atoms with van der Waals surface area (Å²) < 4.78 is 5.60. The van der Waals surface area contributed by atoms with Crippen LogP contribution in [-0.2, 0) is 9.59 Å². The molecule has 0 unspecified atom stereocenters. The minimum Gasteiger partial charge on any atom is -0.491 e. The molecule has 0 aliphatic carbocycles. The number of carbonyl (C=O) groups excluding carboxylic acids is 3. The van der Waals surface area contributed by atoms with E-state index in [2.05, 4.69) is 0 Å². The number of piperazine rings is 1. The van der Waals surface area contributed by atoms with Gasteiger partial charge in [0.1, 0.15) is 5.75 Å². The Hall–Kier alpha value is -2.57. The van der Waals surface area contributed by atoms with Crippen molar-refractivity contribution >= 4 is 23.4 Å². The van der Waals surface area contributed by atoms with Crippen LogP contribution in [0.3, 0.4) is 0 Å². The van der Waals surface area contributed by atoms with Crippen LogP contribution in [0.25, 0.3) is 0 Å². The predicted molar refractivity (Wildman–Crippen MR) is 97.4 cm³/mol. The van der Waals surface area contributed by atoms with E-state index in [9.17, 15) is 14.4 Å². The largest absolute Gasteiger partial charge is 0.491 e. The van der Waals surface area contributed by atoms with E-state index in [-0.39, 0.29) is 17.7 Å². The maximum Gasteiger partial charge on any atom is 0.254 e. The van der Waals surface area contributed by atoms with E-state index >= 15 is 0 Å². The number of fused-ring (bicyclic) bond motifs is 1. The van der Waals surface area contributed by atoms with Crippen molar-refractivity contribution in [1.29, 1.82) is 0 Å². The Balaban J connectivity index is 1.70. The van der Waals surface area contributed by atoms with Crippen LogP contribution in [0.5, 0.6) is 5.75 Å². The lowest BCUT2D eigenvalue weighted by molar-refractivity contribution is -0.132. The van der Waals surface area contributed by atoms with E-state index in [1.165, 1.54) is 0 Å². The number of nitrogens with zero attached hydrogens (tertiary/aromatic N) is 3. The minimum atomic E-state index is -0.0829. The molecule has 1 aromatic carbocycles. The lowest BCUT2D eigenvalue weighted by Crippen LogP contribution is -2.50. The van der Waals surface area contributed by atoms with Gasteiger partial charge in [0.2, 0.25) is 11.8 Å². The molecule has 2 aliphatic heterocycles. The Morgan fingerprint density at radius 3 is 2.50 bits per heavy atom. The molecule has 0 radical (unpaired) electrons. The molecule has 3 amide bonds. The van der Waals surface area contributed by atoms with E-state index < -0.39 is 0 Å². The highest BCUT2D eigenvalue weighted by molar-refractivity contribution is 5.99. The first-order valence-electron chi connectivity index (χ1n) is 9.11. The van der Waals surface area contributed by atoms with Gasteiger partial charge in [0, 0.05) is 45.2 Å². The summed E-state index contributed by atoms with van der Waals surface area (Å²) >= 11 is 0. The quantitative estimate of drug-likeness (QED) is 0.820. The average Bonchev–Trinajstić information content (AvgIpc) is 2.80. The monoisotopic (exact) mass is 359 g/mol. The molecular formula is C19H25N3O4. The molecule has 0 bridgehead atoms. The van der Waals surface area contributed by atoms with Crippen molar-refractivity contribution in [3.63, 3.8) is 0 Å². The van der Waals surface area contributed by atoms with Gasteiger partial charge in [-0.25, -0.2) is 0 Å². The van der Waals surface area contributed by atoms with Crippen molar-refractivity contribution in [2.24, 2.45) is 0 Å². The molecule has 140 valence electrons. The lowest BCUT2D eigenvalue weighted by atomic mass is 10.1. The van der Waals surface area contributed by atoms with E-state index in [0.29, 0.717) is 62.6 Å². The van der Waals surface area contributed by atoms with Crippen LogP contribution in [0.2, 0.25) is 0 Å². The molecule has 0 atom stereocenters. The molecule has 0 aromatic heterocycles. The maximum absolute atomic E-state index is 12.8. The van der Waals surface area contributed by atoms with Gasteiger partial charge < -0.3 is 19.4 Å². The van der Waals surface area contributed by atoms with Crippen LogP contribution in [0, 0.1) is 0 Å². The van der Waals surface area contributed by atoms with Gasteiger partial charge in [0.15, 0.2) is 0 Å². The highest BCUT2D eigenvalue weighted by atomic mass is 16.5. The summed E-state index contributed by atoms with van der Waals surface area (Å²) in [6.07, 6.45) is 1.71. The molecule has 1 saturated heterocycles. The predicted octanol–water partition coefficient (Wildman–Crippen LogP) is 1.52. The van der Waals surface area contributed by atoms with E-state index in [1.54, 1.807) is 35.0 Å². The Morgan fingerprint density at radius 1 is 1.12 bits per heavy atom. The second-order valence-electron chi connectivity index (χ2n) is 6.66. The van der Waals surface area contributed by atoms with Gasteiger partial charge in [-0.15, -0.1) is 0 Å². The first kappa shape index (κ1) is 18.2. The SMILES string of the molecule is CCCC(=O)N1CCN(C(=O)c2ccc3c(c2)N(C)C(=O)CCO3)CC1. The van der Waals surface area contributed by atoms with Gasteiger partial charge in [0.25, 0.3) is 5.91 Å². The first-order valence-corrected chi connectivity index (χ1v) is 9.11. The van der Waals surface area contributed by atoms with E-state index in [1.807, 2.05) is 11.8 Å². The number of hydrogen-bond donors (Lipinski definition) is 0. The fourth-order valence-electron chi connectivity index (χ4n) is 3.30. The zero-order chi connectivity index (χ0) is 18.7. The highest BCUT2D eigenvalue weighted by Gasteiger charge is 2.26. The summed E-state index contributed by atoms with van der Waals surface area (Å²) in [6, 6.07) is 5.20. The molecule has 7 heteroatoms. The minimum absolute atomic E-state index is 0.0311. The standard InChI is InChI=1S/C19H25N3O4/c1-3-4-18(24)21-8-10-22(11-9-21)19(25)14-5-6-16-15(13-14)20(2)17(23)7-12-26-16/h5-6,13H,3-4,7-12H2,1-2H3. The highest BCUT2D eigenvalue weighted by Crippen LogP contribution is 2.32. The van der Waals surface area contributed by atoms with Crippen molar-refractivity contribution in [1.82, 2.24) is 9.80 Å². The third-order valence-corrected chi connectivity index (χ3v) is 4.90. The molecular weight excluding hydrogens is 334 g/mol. The van der Waals surface area contributed by atoms with Crippen molar-refractivity contribution in [3.8, 4) is 5.75 Å². The van der Waals surface area contributed by atoms with Gasteiger partial charge in [-0.1, -0.05) is 6.92 Å². The van der Waals surface area contributed by atoms with Crippen LogP contribution in [-0.4, -0.2) is 67.4 Å². The summed E-state index contributed by atoms with van der Waals surface area (Å²) in [5, 5.41) is 0. The van der Waals surface area contributed by atoms with Crippen LogP contribution in [0.15, 0.2) is 18.2 Å². The fourth-order valence-corrected chi connectivity index (χ4v) is 3.30. The van der Waals surface area contributed by atoms with E-state index in [0.717, 1.165) is 6.42 Å². The van der Waals surface area contributed by atoms with Crippen LogP contribution in [0.1, 0.15) is 36.5 Å². The van der Waals surface area contributed by atoms with Gasteiger partial charge in [-0.3, -0.25) is 14.4 Å². The average molecular weight is 359 g/mol. The van der Waals surface area contributed by atoms with Crippen LogP contribution >= 0.6 is 0 Å². The summed E-state index contributed by atoms with van der Waals surface area (Å²) in [5.41, 5.74) is 1.15. The third kappa shape index (κ3) is 3.66. The van der Waals surface area contributed by atoms with Crippen molar-refractivity contribution in [2.75, 3.05) is 44.7 Å². The molecule has 0 saturated carbocycles. The molecule has 1 aromatic rings. The van der Waals surface area contributed by atoms with Crippen LogP contribution in [0.4, 0.5) is 5.69 Å². The molecule has 3 rings (SSSR count). The van der Waals surface area contributed by atoms with Crippen molar-refractivity contribution < 1.29 is 19.1 Å². The van der Waals surface area contributed by atoms with Crippen molar-refractivity contribution in [3.05, 3.63) is 23.8 Å². The summed E-state index contributed by atoms with van der Waals surface area (Å²) in [5.74, 6) is 0.656. The molecule has 0 N–H and O–H groups in total. The summed E-state index contributed by atoms with van der Waals surface area (Å²) in [4.78, 5) is 42.0. The smallest absolute Gasteiger partial charge is 0.254 e. The zero-order valence-electron chi connectivity index (χ0n) is 15.4. The number of carbonyl (C=O) groups is 3. The molecule has 2 heterocycles. The number of hydrogen-bond acceptors (Lipinski definition) is 4. The Morgan fingerprint density at radius 2 is 1.81 bits per heavy atom. The topological polar surface area (TPSA) is 70.2 Å². The maximum atomic E-state index is 12.8. The van der Waals surface area contributed by atoms with Gasteiger partial charge >= 0.3 is 0 Å². The molecule has 1 fully saturated rings. The number of benzene rings is 1. The Kier molecular flexibility index (Phi) is 5.44. The van der Waals surface area contributed by atoms with Gasteiger partial charge in [-0.05, 0) is 24.6 Å². The Bertz CT molecular complexity index is 711. The van der Waals surface area contributed by atoms with Gasteiger partial charge in [0.05, 0.1) is 18.7 Å². The molecule has 7 nitrogen and oxygen atoms in total. The summed E-state index contributed by atoms with van der Waals surface area (Å²) in [6.45, 7) is 4.51. The molecule has 2 aliphatic rings. The third-order valence-electron chi connectivity index (χ3n) is 4.90. The normalized spacial score (nSPS) is 17.5. The summed E-state index contributed by atoms with van der Waals surface area (Å²) in [7, 11) is 1.70. The second-order valence-corrected chi connectivity index (χ2v) is 6.66. The number of amides is 3. The first-order chi connectivity index (χ1) is 12.5. The number of ether oxygens (including phenoxy) is 1.